The number of rotatable bonds is 4. The monoisotopic (exact) mass is 256 g/mol. The highest BCUT2D eigenvalue weighted by Gasteiger charge is 2.26. The van der Waals surface area contributed by atoms with E-state index in [0.29, 0.717) is 0 Å². The van der Waals surface area contributed by atoms with Crippen LogP contribution in [0.4, 0.5) is 0 Å². The molecular weight excluding hydrogens is 228 g/mol. The molecule has 0 aromatic heterocycles. The molecule has 1 aromatic carbocycles. The van der Waals surface area contributed by atoms with E-state index in [4.69, 9.17) is 0 Å². The zero-order valence-corrected chi connectivity index (χ0v) is 13.4. The third-order valence-corrected chi connectivity index (χ3v) is 3.43. The lowest BCUT2D eigenvalue weighted by molar-refractivity contribution is 0.630. The van der Waals surface area contributed by atoms with Crippen LogP contribution in [0.15, 0.2) is 60.7 Å². The Morgan fingerprint density at radius 3 is 2.00 bits per heavy atom. The van der Waals surface area contributed by atoms with Gasteiger partial charge < -0.3 is 0 Å². The van der Waals surface area contributed by atoms with Crippen LogP contribution in [0.2, 0.25) is 0 Å². The summed E-state index contributed by atoms with van der Waals surface area (Å²) in [5.74, 6) is 0. The number of benzene rings is 1. The van der Waals surface area contributed by atoms with E-state index in [1.54, 1.807) is 0 Å². The van der Waals surface area contributed by atoms with Gasteiger partial charge in [0, 0.05) is 5.41 Å². The third kappa shape index (κ3) is 3.96. The van der Waals surface area contributed by atoms with Gasteiger partial charge in [0.15, 0.2) is 0 Å². The largest absolute Gasteiger partial charge is 0.0988 e. The van der Waals surface area contributed by atoms with Crippen LogP contribution in [0.5, 0.6) is 0 Å². The van der Waals surface area contributed by atoms with Crippen LogP contribution in [0.1, 0.15) is 45.7 Å². The summed E-state index contributed by atoms with van der Waals surface area (Å²) < 4.78 is 0. The molecule has 0 aliphatic rings. The van der Waals surface area contributed by atoms with Crippen LogP contribution >= 0.6 is 0 Å². The van der Waals surface area contributed by atoms with Crippen molar-refractivity contribution >= 4 is 0 Å². The molecule has 19 heavy (non-hydrogen) atoms. The maximum Gasteiger partial charge on any atom is 0.0151 e. The highest BCUT2D eigenvalue weighted by molar-refractivity contribution is 5.46. The average molecular weight is 256 g/mol. The molecule has 0 unspecified atom stereocenters. The van der Waals surface area contributed by atoms with Gasteiger partial charge in [0.2, 0.25) is 0 Å². The van der Waals surface area contributed by atoms with Gasteiger partial charge in [-0.05, 0) is 36.1 Å². The molecule has 0 nitrogen and oxygen atoms in total. The first-order valence-electron chi connectivity index (χ1n) is 6.97. The normalized spacial score (nSPS) is 11.9. The van der Waals surface area contributed by atoms with Gasteiger partial charge >= 0.3 is 0 Å². The van der Waals surface area contributed by atoms with Crippen molar-refractivity contribution in [1.82, 2.24) is 0 Å². The molecule has 0 spiro atoms. The summed E-state index contributed by atoms with van der Waals surface area (Å²) in [6.45, 7) is 20.5. The number of allylic oxidation sites excluding steroid dienone is 4. The van der Waals surface area contributed by atoms with Crippen LogP contribution in [-0.4, -0.2) is 0 Å². The quantitative estimate of drug-likeness (QED) is 0.581. The molecule has 0 saturated heterocycles. The minimum absolute atomic E-state index is 0.0363. The summed E-state index contributed by atoms with van der Waals surface area (Å²) in [4.78, 5) is 0. The van der Waals surface area contributed by atoms with E-state index in [2.05, 4.69) is 65.1 Å². The molecule has 104 valence electrons. The fourth-order valence-electron chi connectivity index (χ4n) is 2.44. The number of hydrogen-bond donors (Lipinski definition) is 0. The predicted octanol–water partition coefficient (Wildman–Crippen LogP) is 5.99. The van der Waals surface area contributed by atoms with Crippen LogP contribution in [-0.2, 0) is 5.41 Å². The van der Waals surface area contributed by atoms with Gasteiger partial charge in [-0.15, -0.1) is 0 Å². The van der Waals surface area contributed by atoms with Crippen LogP contribution in [0.3, 0.4) is 0 Å². The molecule has 0 radical (unpaired) electrons. The lowest BCUT2D eigenvalue weighted by Crippen LogP contribution is -2.21. The Morgan fingerprint density at radius 2 is 1.58 bits per heavy atom. The summed E-state index contributed by atoms with van der Waals surface area (Å²) in [6, 6.07) is 8.51. The maximum atomic E-state index is 3.95. The smallest absolute Gasteiger partial charge is 0.0151 e. The highest BCUT2D eigenvalue weighted by Crippen LogP contribution is 2.35. The fourth-order valence-corrected chi connectivity index (χ4v) is 2.44. The first-order chi connectivity index (χ1) is 8.95. The van der Waals surface area contributed by atoms with E-state index in [1.165, 1.54) is 22.3 Å². The molecule has 0 saturated carbocycles. The Hall–Kier alpha value is -1.56. The van der Waals surface area contributed by atoms with E-state index in [1.807, 2.05) is 26.0 Å². The lowest BCUT2D eigenvalue weighted by Gasteiger charge is -2.30. The molecule has 0 atom stereocenters. The average Bonchev–Trinajstić information content (AvgIpc) is 2.41. The predicted molar refractivity (Wildman–Crippen MR) is 88.6 cm³/mol. The van der Waals surface area contributed by atoms with Crippen molar-refractivity contribution in [2.24, 2.45) is 0 Å². The molecular formula is C19H28. The van der Waals surface area contributed by atoms with Crippen LogP contribution in [0, 0.1) is 6.92 Å². The maximum absolute atomic E-state index is 3.95. The van der Waals surface area contributed by atoms with Gasteiger partial charge in [-0.3, -0.25) is 0 Å². The molecule has 0 heterocycles. The van der Waals surface area contributed by atoms with E-state index >= 15 is 0 Å². The standard InChI is InChI=1S/C17H22.C2H6/c1-7-13(3)15(8-2)17(5,6)16-12-10-9-11-14(16)4;1-2/h7-12H,1-2H2,3-6H3;1-2H3/b15-13+;. The molecule has 0 aliphatic heterocycles. The van der Waals surface area contributed by atoms with Crippen molar-refractivity contribution < 1.29 is 0 Å². The van der Waals surface area contributed by atoms with Crippen molar-refractivity contribution in [1.29, 1.82) is 0 Å². The first kappa shape index (κ1) is 17.4. The van der Waals surface area contributed by atoms with Crippen molar-refractivity contribution in [2.75, 3.05) is 0 Å². The highest BCUT2D eigenvalue weighted by atomic mass is 14.3. The van der Waals surface area contributed by atoms with Gasteiger partial charge in [-0.2, -0.15) is 0 Å². The number of aryl methyl sites for hydroxylation is 1. The van der Waals surface area contributed by atoms with Crippen molar-refractivity contribution in [3.8, 4) is 0 Å². The third-order valence-electron chi connectivity index (χ3n) is 3.43. The second kappa shape index (κ2) is 7.78. The van der Waals surface area contributed by atoms with Gasteiger partial charge in [0.1, 0.15) is 0 Å². The van der Waals surface area contributed by atoms with Crippen molar-refractivity contribution in [3.63, 3.8) is 0 Å². The van der Waals surface area contributed by atoms with E-state index in [0.717, 1.165) is 0 Å². The van der Waals surface area contributed by atoms with Crippen molar-refractivity contribution in [3.05, 3.63) is 71.8 Å². The molecule has 0 amide bonds. The Balaban J connectivity index is 0.00000154. The van der Waals surface area contributed by atoms with Gasteiger partial charge in [0.05, 0.1) is 0 Å². The molecule has 0 heteroatoms. The molecule has 1 rings (SSSR count). The molecule has 1 aromatic rings. The summed E-state index contributed by atoms with van der Waals surface area (Å²) >= 11 is 0. The van der Waals surface area contributed by atoms with Crippen LogP contribution < -0.4 is 0 Å². The molecule has 0 aliphatic carbocycles. The van der Waals surface area contributed by atoms with Gasteiger partial charge in [-0.25, -0.2) is 0 Å². The van der Waals surface area contributed by atoms with E-state index < -0.39 is 0 Å². The molecule has 0 fully saturated rings. The second-order valence-electron chi connectivity index (χ2n) is 4.94. The van der Waals surface area contributed by atoms with Gasteiger partial charge in [0.25, 0.3) is 0 Å². The summed E-state index contributed by atoms with van der Waals surface area (Å²) in [5.41, 5.74) is 5.05. The van der Waals surface area contributed by atoms with E-state index in [9.17, 15) is 0 Å². The first-order valence-corrected chi connectivity index (χ1v) is 6.97. The Bertz CT molecular complexity index is 459. The lowest BCUT2D eigenvalue weighted by atomic mass is 9.74. The fraction of sp³-hybridized carbons (Fsp3) is 0.368. The summed E-state index contributed by atoms with van der Waals surface area (Å²) in [6.07, 6.45) is 3.85. The zero-order chi connectivity index (χ0) is 15.1. The summed E-state index contributed by atoms with van der Waals surface area (Å²) in [5, 5.41) is 0. The zero-order valence-electron chi connectivity index (χ0n) is 13.4. The minimum atomic E-state index is -0.0363. The Kier molecular flexibility index (Phi) is 7.14. The Morgan fingerprint density at radius 1 is 1.05 bits per heavy atom. The minimum Gasteiger partial charge on any atom is -0.0988 e. The molecule has 0 N–H and O–H groups in total. The van der Waals surface area contributed by atoms with Crippen LogP contribution in [0.25, 0.3) is 0 Å². The van der Waals surface area contributed by atoms with Gasteiger partial charge in [-0.1, -0.05) is 77.3 Å². The van der Waals surface area contributed by atoms with Crippen molar-refractivity contribution in [2.45, 2.75) is 47.0 Å². The topological polar surface area (TPSA) is 0 Å². The Labute approximate surface area is 119 Å². The SMILES string of the molecule is C=C/C(C)=C(\C=C)C(C)(C)c1ccccc1C.CC. The second-order valence-corrected chi connectivity index (χ2v) is 4.94. The molecule has 0 bridgehead atoms. The summed E-state index contributed by atoms with van der Waals surface area (Å²) in [7, 11) is 0. The van der Waals surface area contributed by atoms with E-state index in [-0.39, 0.29) is 5.41 Å². The number of hydrogen-bond acceptors (Lipinski definition) is 0.